The monoisotopic (exact) mass is 295 g/mol. The number of rotatable bonds is 3. The van der Waals surface area contributed by atoms with Crippen LogP contribution in [0, 0.1) is 5.92 Å². The minimum Gasteiger partial charge on any atom is -0.478 e. The van der Waals surface area contributed by atoms with Gasteiger partial charge in [0.1, 0.15) is 5.75 Å². The molecule has 0 N–H and O–H groups in total. The standard InChI is InChI=1S/C16H22ClNO2/c1-12-8-10-18(11-9-12)15(19)16(2,3)20-14-6-4-13(17)5-7-14/h4-7,12H,8-11H2,1-3H3. The van der Waals surface area contributed by atoms with Crippen molar-refractivity contribution in [2.24, 2.45) is 5.92 Å². The molecule has 0 saturated carbocycles. The van der Waals surface area contributed by atoms with Gasteiger partial charge in [-0.3, -0.25) is 4.79 Å². The van der Waals surface area contributed by atoms with Gasteiger partial charge in [-0.15, -0.1) is 0 Å². The van der Waals surface area contributed by atoms with E-state index in [1.165, 1.54) is 0 Å². The highest BCUT2D eigenvalue weighted by Crippen LogP contribution is 2.24. The molecule has 0 unspecified atom stereocenters. The first kappa shape index (κ1) is 15.2. The van der Waals surface area contributed by atoms with Crippen LogP contribution >= 0.6 is 11.6 Å². The lowest BCUT2D eigenvalue weighted by molar-refractivity contribution is -0.146. The average molecular weight is 296 g/mol. The molecule has 1 heterocycles. The number of piperidine rings is 1. The third kappa shape index (κ3) is 3.66. The molecule has 1 aromatic carbocycles. The van der Waals surface area contributed by atoms with E-state index in [-0.39, 0.29) is 5.91 Å². The van der Waals surface area contributed by atoms with Crippen molar-refractivity contribution in [3.8, 4) is 5.75 Å². The molecule has 1 aliphatic heterocycles. The van der Waals surface area contributed by atoms with E-state index in [2.05, 4.69) is 6.92 Å². The van der Waals surface area contributed by atoms with Crippen molar-refractivity contribution in [1.82, 2.24) is 4.90 Å². The Morgan fingerprint density at radius 1 is 1.25 bits per heavy atom. The van der Waals surface area contributed by atoms with Crippen LogP contribution in [0.4, 0.5) is 0 Å². The summed E-state index contributed by atoms with van der Waals surface area (Å²) in [5.41, 5.74) is -0.853. The number of carbonyl (C=O) groups is 1. The summed E-state index contributed by atoms with van der Waals surface area (Å²) in [5, 5.41) is 0.659. The molecule has 0 spiro atoms. The van der Waals surface area contributed by atoms with Gasteiger partial charge in [-0.2, -0.15) is 0 Å². The maximum atomic E-state index is 12.6. The first-order valence-corrected chi connectivity index (χ1v) is 7.50. The van der Waals surface area contributed by atoms with Gasteiger partial charge in [-0.1, -0.05) is 18.5 Å². The lowest BCUT2D eigenvalue weighted by Crippen LogP contribution is -2.51. The predicted octanol–water partition coefficient (Wildman–Crippen LogP) is 3.76. The SMILES string of the molecule is CC1CCN(C(=O)C(C)(C)Oc2ccc(Cl)cc2)CC1. The lowest BCUT2D eigenvalue weighted by Gasteiger charge is -2.36. The van der Waals surface area contributed by atoms with Gasteiger partial charge in [0.25, 0.3) is 5.91 Å². The summed E-state index contributed by atoms with van der Waals surface area (Å²) in [4.78, 5) is 14.5. The Labute approximate surface area is 125 Å². The zero-order chi connectivity index (χ0) is 14.8. The highest BCUT2D eigenvalue weighted by Gasteiger charge is 2.35. The fourth-order valence-electron chi connectivity index (χ4n) is 2.43. The summed E-state index contributed by atoms with van der Waals surface area (Å²) in [6, 6.07) is 7.10. The summed E-state index contributed by atoms with van der Waals surface area (Å²) in [7, 11) is 0. The molecule has 3 nitrogen and oxygen atoms in total. The van der Waals surface area contributed by atoms with Crippen molar-refractivity contribution in [1.29, 1.82) is 0 Å². The Kier molecular flexibility index (Phi) is 4.59. The van der Waals surface area contributed by atoms with Crippen LogP contribution in [0.15, 0.2) is 24.3 Å². The van der Waals surface area contributed by atoms with Crippen LogP contribution in [0.25, 0.3) is 0 Å². The summed E-state index contributed by atoms with van der Waals surface area (Å²) in [6.45, 7) is 7.53. The van der Waals surface area contributed by atoms with E-state index in [4.69, 9.17) is 16.3 Å². The highest BCUT2D eigenvalue weighted by atomic mass is 35.5. The third-order valence-electron chi connectivity index (χ3n) is 3.77. The molecule has 0 aliphatic carbocycles. The molecule has 1 fully saturated rings. The Morgan fingerprint density at radius 3 is 2.35 bits per heavy atom. The molecule has 0 atom stereocenters. The van der Waals surface area contributed by atoms with Crippen molar-refractivity contribution in [3.63, 3.8) is 0 Å². The molecular weight excluding hydrogens is 274 g/mol. The molecule has 2 rings (SSSR count). The third-order valence-corrected chi connectivity index (χ3v) is 4.02. The van der Waals surface area contributed by atoms with E-state index in [1.54, 1.807) is 24.3 Å². The van der Waals surface area contributed by atoms with Crippen molar-refractivity contribution < 1.29 is 9.53 Å². The van der Waals surface area contributed by atoms with Crippen molar-refractivity contribution in [2.75, 3.05) is 13.1 Å². The van der Waals surface area contributed by atoms with Crippen LogP contribution < -0.4 is 4.74 Å². The Morgan fingerprint density at radius 2 is 1.80 bits per heavy atom. The van der Waals surface area contributed by atoms with E-state index in [1.807, 2.05) is 18.7 Å². The minimum atomic E-state index is -0.853. The van der Waals surface area contributed by atoms with Crippen molar-refractivity contribution in [2.45, 2.75) is 39.2 Å². The quantitative estimate of drug-likeness (QED) is 0.850. The van der Waals surface area contributed by atoms with E-state index >= 15 is 0 Å². The zero-order valence-corrected chi connectivity index (χ0v) is 13.1. The van der Waals surface area contributed by atoms with Gasteiger partial charge in [0.2, 0.25) is 0 Å². The molecule has 0 radical (unpaired) electrons. The largest absolute Gasteiger partial charge is 0.478 e. The second-order valence-corrected chi connectivity index (χ2v) is 6.48. The van der Waals surface area contributed by atoms with Gasteiger partial charge >= 0.3 is 0 Å². The van der Waals surface area contributed by atoms with E-state index in [9.17, 15) is 4.79 Å². The summed E-state index contributed by atoms with van der Waals surface area (Å²) in [5.74, 6) is 1.43. The van der Waals surface area contributed by atoms with Crippen molar-refractivity contribution in [3.05, 3.63) is 29.3 Å². The van der Waals surface area contributed by atoms with Crippen LogP contribution in [-0.2, 0) is 4.79 Å². The van der Waals surface area contributed by atoms with Crippen LogP contribution in [0.5, 0.6) is 5.75 Å². The predicted molar refractivity (Wildman–Crippen MR) is 81.1 cm³/mol. The second-order valence-electron chi connectivity index (χ2n) is 6.04. The molecule has 0 aromatic heterocycles. The normalized spacial score (nSPS) is 17.1. The van der Waals surface area contributed by atoms with Crippen LogP contribution in [0.2, 0.25) is 5.02 Å². The number of likely N-dealkylation sites (tertiary alicyclic amines) is 1. The van der Waals surface area contributed by atoms with Crippen LogP contribution in [0.3, 0.4) is 0 Å². The molecule has 4 heteroatoms. The van der Waals surface area contributed by atoms with E-state index in [0.717, 1.165) is 25.9 Å². The molecule has 0 bridgehead atoms. The topological polar surface area (TPSA) is 29.5 Å². The molecule has 1 aromatic rings. The Hall–Kier alpha value is -1.22. The number of nitrogens with zero attached hydrogens (tertiary/aromatic N) is 1. The smallest absolute Gasteiger partial charge is 0.266 e. The molecule has 110 valence electrons. The first-order chi connectivity index (χ1) is 9.38. The molecule has 1 amide bonds. The lowest BCUT2D eigenvalue weighted by atomic mass is 9.97. The van der Waals surface area contributed by atoms with Gasteiger partial charge in [0.05, 0.1) is 0 Å². The minimum absolute atomic E-state index is 0.0550. The maximum absolute atomic E-state index is 12.6. The number of halogens is 1. The number of ether oxygens (including phenoxy) is 1. The van der Waals surface area contributed by atoms with Crippen LogP contribution in [0.1, 0.15) is 33.6 Å². The average Bonchev–Trinajstić information content (AvgIpc) is 2.41. The van der Waals surface area contributed by atoms with Gasteiger partial charge in [-0.25, -0.2) is 0 Å². The Bertz CT molecular complexity index is 462. The van der Waals surface area contributed by atoms with Gasteiger partial charge in [0, 0.05) is 18.1 Å². The van der Waals surface area contributed by atoms with E-state index in [0.29, 0.717) is 16.7 Å². The van der Waals surface area contributed by atoms with Gasteiger partial charge < -0.3 is 9.64 Å². The maximum Gasteiger partial charge on any atom is 0.266 e. The zero-order valence-electron chi connectivity index (χ0n) is 12.4. The molecule has 1 saturated heterocycles. The fraction of sp³-hybridized carbons (Fsp3) is 0.562. The van der Waals surface area contributed by atoms with Gasteiger partial charge in [-0.05, 0) is 56.9 Å². The molecular formula is C16H22ClNO2. The number of benzene rings is 1. The van der Waals surface area contributed by atoms with Crippen molar-refractivity contribution >= 4 is 17.5 Å². The number of hydrogen-bond acceptors (Lipinski definition) is 2. The van der Waals surface area contributed by atoms with Gasteiger partial charge in [0.15, 0.2) is 5.60 Å². The van der Waals surface area contributed by atoms with E-state index < -0.39 is 5.60 Å². The Balaban J connectivity index is 2.01. The number of carbonyl (C=O) groups excluding carboxylic acids is 1. The second kappa shape index (κ2) is 6.04. The number of amides is 1. The number of hydrogen-bond donors (Lipinski definition) is 0. The fourth-order valence-corrected chi connectivity index (χ4v) is 2.56. The summed E-state index contributed by atoms with van der Waals surface area (Å²) in [6.07, 6.45) is 2.14. The highest BCUT2D eigenvalue weighted by molar-refractivity contribution is 6.30. The summed E-state index contributed by atoms with van der Waals surface area (Å²) < 4.78 is 5.85. The molecule has 20 heavy (non-hydrogen) atoms. The molecule has 1 aliphatic rings. The summed E-state index contributed by atoms with van der Waals surface area (Å²) >= 11 is 5.85. The van der Waals surface area contributed by atoms with Crippen LogP contribution in [-0.4, -0.2) is 29.5 Å². The first-order valence-electron chi connectivity index (χ1n) is 7.12.